The summed E-state index contributed by atoms with van der Waals surface area (Å²) in [6.45, 7) is 3.12. The molecule has 2 N–H and O–H groups in total. The van der Waals surface area contributed by atoms with Gasteiger partial charge in [-0.15, -0.1) is 0 Å². The van der Waals surface area contributed by atoms with Crippen LogP contribution in [0.1, 0.15) is 44.6 Å². The van der Waals surface area contributed by atoms with E-state index < -0.39 is 0 Å². The third-order valence-electron chi connectivity index (χ3n) is 4.51. The molecule has 2 rings (SSSR count). The van der Waals surface area contributed by atoms with E-state index in [0.29, 0.717) is 5.41 Å². The molecule has 0 amide bonds. The van der Waals surface area contributed by atoms with Gasteiger partial charge in [-0.2, -0.15) is 5.10 Å². The Morgan fingerprint density at radius 1 is 1.47 bits per heavy atom. The minimum absolute atomic E-state index is 0.342. The third kappa shape index (κ3) is 2.89. The van der Waals surface area contributed by atoms with Gasteiger partial charge in [0.05, 0.1) is 6.20 Å². The minimum atomic E-state index is 0.342. The van der Waals surface area contributed by atoms with Crippen LogP contribution in [-0.2, 0) is 13.5 Å². The molecule has 0 spiro atoms. The smallest absolute Gasteiger partial charge is 0.0521 e. The van der Waals surface area contributed by atoms with Gasteiger partial charge in [-0.3, -0.25) is 4.68 Å². The quantitative estimate of drug-likeness (QED) is 0.871. The summed E-state index contributed by atoms with van der Waals surface area (Å²) in [7, 11) is 1.98. The van der Waals surface area contributed by atoms with Crippen LogP contribution in [0, 0.1) is 11.3 Å². The highest BCUT2D eigenvalue weighted by Gasteiger charge is 2.33. The maximum atomic E-state index is 6.05. The SMILES string of the molecule is CCC1CCC(CN)(Cc2cnn(C)c2)CC1. The molecule has 0 bridgehead atoms. The van der Waals surface area contributed by atoms with Crippen molar-refractivity contribution >= 4 is 0 Å². The predicted molar refractivity (Wildman–Crippen MR) is 70.6 cm³/mol. The maximum Gasteiger partial charge on any atom is 0.0521 e. The third-order valence-corrected chi connectivity index (χ3v) is 4.51. The Balaban J connectivity index is 2.01. The molecule has 3 nitrogen and oxygen atoms in total. The number of hydrogen-bond acceptors (Lipinski definition) is 2. The average molecular weight is 235 g/mol. The van der Waals surface area contributed by atoms with Gasteiger partial charge in [-0.05, 0) is 55.5 Å². The Morgan fingerprint density at radius 2 is 2.18 bits per heavy atom. The van der Waals surface area contributed by atoms with Crippen LogP contribution in [0.2, 0.25) is 0 Å². The van der Waals surface area contributed by atoms with Gasteiger partial charge in [-0.1, -0.05) is 13.3 Å². The summed E-state index contributed by atoms with van der Waals surface area (Å²) >= 11 is 0. The van der Waals surface area contributed by atoms with E-state index >= 15 is 0 Å². The van der Waals surface area contributed by atoms with Crippen molar-refractivity contribution in [3.8, 4) is 0 Å². The van der Waals surface area contributed by atoms with E-state index in [1.165, 1.54) is 37.7 Å². The fraction of sp³-hybridized carbons (Fsp3) is 0.786. The Kier molecular flexibility index (Phi) is 3.87. The van der Waals surface area contributed by atoms with Gasteiger partial charge in [0.1, 0.15) is 0 Å². The summed E-state index contributed by atoms with van der Waals surface area (Å²) < 4.78 is 1.89. The van der Waals surface area contributed by atoms with Crippen LogP contribution < -0.4 is 5.73 Å². The number of hydrogen-bond donors (Lipinski definition) is 1. The van der Waals surface area contributed by atoms with Crippen molar-refractivity contribution in [2.24, 2.45) is 24.1 Å². The average Bonchev–Trinajstić information content (AvgIpc) is 2.75. The number of rotatable bonds is 4. The van der Waals surface area contributed by atoms with Crippen LogP contribution >= 0.6 is 0 Å². The first-order valence-corrected chi connectivity index (χ1v) is 6.85. The van der Waals surface area contributed by atoms with Crippen LogP contribution in [0.4, 0.5) is 0 Å². The van der Waals surface area contributed by atoms with Crippen LogP contribution in [0.15, 0.2) is 12.4 Å². The van der Waals surface area contributed by atoms with Crippen molar-refractivity contribution < 1.29 is 0 Å². The molecule has 1 heterocycles. The molecule has 0 radical (unpaired) electrons. The Bertz CT molecular complexity index is 348. The highest BCUT2D eigenvalue weighted by atomic mass is 15.2. The zero-order valence-electron chi connectivity index (χ0n) is 11.2. The normalized spacial score (nSPS) is 29.5. The predicted octanol–water partition coefficient (Wildman–Crippen LogP) is 2.51. The zero-order valence-corrected chi connectivity index (χ0v) is 11.2. The molecular formula is C14H25N3. The van der Waals surface area contributed by atoms with Gasteiger partial charge in [0.2, 0.25) is 0 Å². The lowest BCUT2D eigenvalue weighted by Crippen LogP contribution is -2.36. The molecule has 17 heavy (non-hydrogen) atoms. The molecule has 0 saturated heterocycles. The molecule has 96 valence electrons. The van der Waals surface area contributed by atoms with E-state index in [1.54, 1.807) is 0 Å². The Morgan fingerprint density at radius 3 is 2.65 bits per heavy atom. The van der Waals surface area contributed by atoms with Crippen molar-refractivity contribution in [1.29, 1.82) is 0 Å². The zero-order chi connectivity index (χ0) is 12.3. The number of aromatic nitrogens is 2. The lowest BCUT2D eigenvalue weighted by molar-refractivity contribution is 0.153. The first kappa shape index (κ1) is 12.6. The Hall–Kier alpha value is -0.830. The van der Waals surface area contributed by atoms with Gasteiger partial charge < -0.3 is 5.73 Å². The summed E-state index contributed by atoms with van der Waals surface area (Å²) in [5.74, 6) is 0.934. The number of nitrogens with zero attached hydrogens (tertiary/aromatic N) is 2. The summed E-state index contributed by atoms with van der Waals surface area (Å²) in [5, 5.41) is 4.25. The summed E-state index contributed by atoms with van der Waals surface area (Å²) in [5.41, 5.74) is 7.74. The second-order valence-electron chi connectivity index (χ2n) is 5.75. The second kappa shape index (κ2) is 5.21. The molecule has 1 aromatic rings. The molecule has 0 unspecified atom stereocenters. The summed E-state index contributed by atoms with van der Waals surface area (Å²) in [6, 6.07) is 0. The van der Waals surface area contributed by atoms with Crippen LogP contribution in [0.3, 0.4) is 0 Å². The number of nitrogens with two attached hydrogens (primary N) is 1. The molecular weight excluding hydrogens is 210 g/mol. The van der Waals surface area contributed by atoms with E-state index in [2.05, 4.69) is 18.2 Å². The molecule has 1 saturated carbocycles. The van der Waals surface area contributed by atoms with Gasteiger partial charge in [0.25, 0.3) is 0 Å². The van der Waals surface area contributed by atoms with E-state index in [-0.39, 0.29) is 0 Å². The fourth-order valence-corrected chi connectivity index (χ4v) is 3.15. The fourth-order valence-electron chi connectivity index (χ4n) is 3.15. The first-order chi connectivity index (χ1) is 8.17. The van der Waals surface area contributed by atoms with Crippen molar-refractivity contribution in [2.45, 2.75) is 45.4 Å². The van der Waals surface area contributed by atoms with Crippen molar-refractivity contribution in [3.63, 3.8) is 0 Å². The molecule has 1 aliphatic carbocycles. The second-order valence-corrected chi connectivity index (χ2v) is 5.75. The van der Waals surface area contributed by atoms with E-state index in [4.69, 9.17) is 5.73 Å². The standard InChI is InChI=1S/C14H25N3/c1-3-12-4-6-14(11-15,7-5-12)8-13-9-16-17(2)10-13/h9-10,12H,3-8,11,15H2,1-2H3. The van der Waals surface area contributed by atoms with Crippen molar-refractivity contribution in [1.82, 2.24) is 9.78 Å². The molecule has 0 aromatic carbocycles. The maximum absolute atomic E-state index is 6.05. The molecule has 1 fully saturated rings. The lowest BCUT2D eigenvalue weighted by Gasteiger charge is -2.39. The largest absolute Gasteiger partial charge is 0.330 e. The first-order valence-electron chi connectivity index (χ1n) is 6.85. The molecule has 1 aliphatic rings. The van der Waals surface area contributed by atoms with E-state index in [0.717, 1.165) is 18.9 Å². The van der Waals surface area contributed by atoms with Crippen LogP contribution in [-0.4, -0.2) is 16.3 Å². The highest BCUT2D eigenvalue weighted by Crippen LogP contribution is 2.41. The van der Waals surface area contributed by atoms with Crippen molar-refractivity contribution in [3.05, 3.63) is 18.0 Å². The lowest BCUT2D eigenvalue weighted by atomic mass is 9.67. The molecule has 1 aromatic heterocycles. The minimum Gasteiger partial charge on any atom is -0.330 e. The molecule has 0 aliphatic heterocycles. The van der Waals surface area contributed by atoms with Gasteiger partial charge in [-0.25, -0.2) is 0 Å². The van der Waals surface area contributed by atoms with Gasteiger partial charge >= 0.3 is 0 Å². The summed E-state index contributed by atoms with van der Waals surface area (Å²) in [4.78, 5) is 0. The van der Waals surface area contributed by atoms with Crippen LogP contribution in [0.25, 0.3) is 0 Å². The van der Waals surface area contributed by atoms with Crippen molar-refractivity contribution in [2.75, 3.05) is 6.54 Å². The van der Waals surface area contributed by atoms with Gasteiger partial charge in [0.15, 0.2) is 0 Å². The summed E-state index contributed by atoms with van der Waals surface area (Å²) in [6.07, 6.45) is 11.8. The van der Waals surface area contributed by atoms with E-state index in [1.807, 2.05) is 17.9 Å². The molecule has 3 heteroatoms. The monoisotopic (exact) mass is 235 g/mol. The highest BCUT2D eigenvalue weighted by molar-refractivity contribution is 5.08. The topological polar surface area (TPSA) is 43.8 Å². The molecule has 0 atom stereocenters. The Labute approximate surface area is 104 Å². The number of aryl methyl sites for hydroxylation is 1. The van der Waals surface area contributed by atoms with E-state index in [9.17, 15) is 0 Å². The van der Waals surface area contributed by atoms with Gasteiger partial charge in [0, 0.05) is 13.2 Å². The van der Waals surface area contributed by atoms with Crippen LogP contribution in [0.5, 0.6) is 0 Å².